The van der Waals surface area contributed by atoms with E-state index in [1.54, 1.807) is 0 Å². The first-order chi connectivity index (χ1) is 7.25. The van der Waals surface area contributed by atoms with E-state index in [0.29, 0.717) is 23.7 Å². The number of hydrogen-bond donors (Lipinski definition) is 1. The maximum absolute atomic E-state index is 10.9. The Morgan fingerprint density at radius 2 is 1.56 bits per heavy atom. The van der Waals surface area contributed by atoms with Gasteiger partial charge in [-0.15, -0.1) is 0 Å². The SMILES string of the molecule is CC(C)CC(C(C)C)C(OC(N)=O)C(C)C. The van der Waals surface area contributed by atoms with Gasteiger partial charge in [0.25, 0.3) is 0 Å². The zero-order chi connectivity index (χ0) is 12.9. The summed E-state index contributed by atoms with van der Waals surface area (Å²) in [5.41, 5.74) is 5.14. The lowest BCUT2D eigenvalue weighted by atomic mass is 9.79. The van der Waals surface area contributed by atoms with Gasteiger partial charge in [0.05, 0.1) is 0 Å². The fraction of sp³-hybridized carbons (Fsp3) is 0.923. The van der Waals surface area contributed by atoms with Gasteiger partial charge in [0.1, 0.15) is 6.10 Å². The summed E-state index contributed by atoms with van der Waals surface area (Å²) in [6.45, 7) is 12.9. The number of rotatable bonds is 6. The van der Waals surface area contributed by atoms with E-state index >= 15 is 0 Å². The normalized spacial score (nSPS) is 15.6. The molecule has 0 saturated carbocycles. The molecule has 0 aromatic carbocycles. The Hall–Kier alpha value is -0.730. The van der Waals surface area contributed by atoms with Crippen LogP contribution in [0.3, 0.4) is 0 Å². The molecule has 0 aliphatic rings. The van der Waals surface area contributed by atoms with E-state index in [9.17, 15) is 4.79 Å². The van der Waals surface area contributed by atoms with Gasteiger partial charge in [0.2, 0.25) is 0 Å². The van der Waals surface area contributed by atoms with Crippen molar-refractivity contribution in [2.75, 3.05) is 0 Å². The van der Waals surface area contributed by atoms with Crippen molar-refractivity contribution < 1.29 is 9.53 Å². The lowest BCUT2D eigenvalue weighted by molar-refractivity contribution is 0.0137. The summed E-state index contributed by atoms with van der Waals surface area (Å²) < 4.78 is 5.27. The van der Waals surface area contributed by atoms with Crippen LogP contribution in [0.15, 0.2) is 0 Å². The smallest absolute Gasteiger partial charge is 0.404 e. The number of carbonyl (C=O) groups is 1. The van der Waals surface area contributed by atoms with Gasteiger partial charge < -0.3 is 10.5 Å². The Bertz CT molecular complexity index is 212. The van der Waals surface area contributed by atoms with Crippen LogP contribution >= 0.6 is 0 Å². The van der Waals surface area contributed by atoms with E-state index in [1.165, 1.54) is 0 Å². The first-order valence-electron chi connectivity index (χ1n) is 6.21. The Morgan fingerprint density at radius 3 is 1.81 bits per heavy atom. The summed E-state index contributed by atoms with van der Waals surface area (Å²) in [6, 6.07) is 0. The van der Waals surface area contributed by atoms with Crippen LogP contribution in [-0.2, 0) is 4.74 Å². The summed E-state index contributed by atoms with van der Waals surface area (Å²) in [7, 11) is 0. The number of nitrogens with two attached hydrogens (primary N) is 1. The van der Waals surface area contributed by atoms with Crippen molar-refractivity contribution in [1.29, 1.82) is 0 Å². The third kappa shape index (κ3) is 5.38. The quantitative estimate of drug-likeness (QED) is 0.758. The van der Waals surface area contributed by atoms with Crippen LogP contribution in [0.5, 0.6) is 0 Å². The molecule has 0 radical (unpaired) electrons. The number of hydrogen-bond acceptors (Lipinski definition) is 2. The van der Waals surface area contributed by atoms with E-state index in [0.717, 1.165) is 6.42 Å². The average Bonchev–Trinajstić information content (AvgIpc) is 2.09. The highest BCUT2D eigenvalue weighted by Crippen LogP contribution is 2.29. The number of amides is 1. The van der Waals surface area contributed by atoms with Gasteiger partial charge in [-0.3, -0.25) is 0 Å². The molecule has 0 bridgehead atoms. The predicted molar refractivity (Wildman–Crippen MR) is 67.1 cm³/mol. The number of carbonyl (C=O) groups excluding carboxylic acids is 1. The fourth-order valence-electron chi connectivity index (χ4n) is 2.18. The summed E-state index contributed by atoms with van der Waals surface area (Å²) in [5.74, 6) is 1.78. The molecule has 0 aliphatic heterocycles. The highest BCUT2D eigenvalue weighted by Gasteiger charge is 2.30. The molecule has 16 heavy (non-hydrogen) atoms. The van der Waals surface area contributed by atoms with Crippen molar-refractivity contribution in [1.82, 2.24) is 0 Å². The van der Waals surface area contributed by atoms with Crippen molar-refractivity contribution >= 4 is 6.09 Å². The fourth-order valence-corrected chi connectivity index (χ4v) is 2.18. The first kappa shape index (κ1) is 15.3. The molecule has 3 nitrogen and oxygen atoms in total. The molecule has 0 aromatic rings. The summed E-state index contributed by atoms with van der Waals surface area (Å²) in [5, 5.41) is 0. The van der Waals surface area contributed by atoms with E-state index in [2.05, 4.69) is 41.5 Å². The second kappa shape index (κ2) is 6.77. The van der Waals surface area contributed by atoms with E-state index < -0.39 is 6.09 Å². The molecule has 96 valence electrons. The molecule has 3 heteroatoms. The minimum atomic E-state index is -0.659. The number of ether oxygens (including phenoxy) is 1. The van der Waals surface area contributed by atoms with Crippen LogP contribution in [0.25, 0.3) is 0 Å². The Morgan fingerprint density at radius 1 is 1.06 bits per heavy atom. The average molecular weight is 229 g/mol. The second-order valence-electron chi connectivity index (χ2n) is 5.68. The molecule has 2 atom stereocenters. The number of primary amides is 1. The molecule has 0 heterocycles. The Balaban J connectivity index is 4.72. The van der Waals surface area contributed by atoms with Crippen LogP contribution in [0.2, 0.25) is 0 Å². The molecule has 0 rings (SSSR count). The maximum Gasteiger partial charge on any atom is 0.404 e. The summed E-state index contributed by atoms with van der Waals surface area (Å²) >= 11 is 0. The molecular formula is C13H27NO2. The predicted octanol–water partition coefficient (Wildman–Crippen LogP) is 3.42. The topological polar surface area (TPSA) is 52.3 Å². The summed E-state index contributed by atoms with van der Waals surface area (Å²) in [6.07, 6.45) is 0.335. The second-order valence-corrected chi connectivity index (χ2v) is 5.68. The maximum atomic E-state index is 10.9. The van der Waals surface area contributed by atoms with Gasteiger partial charge in [-0.05, 0) is 30.1 Å². The van der Waals surface area contributed by atoms with Gasteiger partial charge >= 0.3 is 6.09 Å². The largest absolute Gasteiger partial charge is 0.446 e. The first-order valence-corrected chi connectivity index (χ1v) is 6.21. The van der Waals surface area contributed by atoms with E-state index in [4.69, 9.17) is 10.5 Å². The van der Waals surface area contributed by atoms with Crippen molar-refractivity contribution in [3.05, 3.63) is 0 Å². The molecule has 0 aromatic heterocycles. The Labute approximate surface area is 99.7 Å². The van der Waals surface area contributed by atoms with Gasteiger partial charge in [0, 0.05) is 0 Å². The van der Waals surface area contributed by atoms with E-state index in [1.807, 2.05) is 0 Å². The zero-order valence-electron chi connectivity index (χ0n) is 11.5. The standard InChI is InChI=1S/C13H27NO2/c1-8(2)7-11(9(3)4)12(10(5)6)16-13(14)15/h8-12H,7H2,1-6H3,(H2,14,15). The zero-order valence-corrected chi connectivity index (χ0v) is 11.5. The minimum absolute atomic E-state index is 0.0695. The Kier molecular flexibility index (Phi) is 6.46. The highest BCUT2D eigenvalue weighted by molar-refractivity contribution is 5.64. The molecule has 2 N–H and O–H groups in total. The van der Waals surface area contributed by atoms with Gasteiger partial charge in [0.15, 0.2) is 0 Å². The van der Waals surface area contributed by atoms with Crippen molar-refractivity contribution in [3.63, 3.8) is 0 Å². The lowest BCUT2D eigenvalue weighted by Crippen LogP contribution is -2.37. The van der Waals surface area contributed by atoms with Crippen LogP contribution in [0, 0.1) is 23.7 Å². The van der Waals surface area contributed by atoms with Gasteiger partial charge in [-0.1, -0.05) is 41.5 Å². The van der Waals surface area contributed by atoms with Crippen LogP contribution in [0.4, 0.5) is 4.79 Å². The molecule has 0 spiro atoms. The van der Waals surface area contributed by atoms with E-state index in [-0.39, 0.29) is 6.10 Å². The molecule has 0 saturated heterocycles. The van der Waals surface area contributed by atoms with Crippen molar-refractivity contribution in [3.8, 4) is 0 Å². The van der Waals surface area contributed by atoms with Gasteiger partial charge in [-0.2, -0.15) is 0 Å². The third-order valence-electron chi connectivity index (χ3n) is 2.93. The molecular weight excluding hydrogens is 202 g/mol. The monoisotopic (exact) mass is 229 g/mol. The summed E-state index contributed by atoms with van der Waals surface area (Å²) in [4.78, 5) is 10.9. The molecule has 0 fully saturated rings. The van der Waals surface area contributed by atoms with Crippen LogP contribution in [0.1, 0.15) is 48.0 Å². The van der Waals surface area contributed by atoms with Crippen molar-refractivity contribution in [2.45, 2.75) is 54.1 Å². The van der Waals surface area contributed by atoms with Crippen LogP contribution in [-0.4, -0.2) is 12.2 Å². The highest BCUT2D eigenvalue weighted by atomic mass is 16.6. The molecule has 1 amide bonds. The molecule has 0 aliphatic carbocycles. The van der Waals surface area contributed by atoms with Crippen LogP contribution < -0.4 is 5.73 Å². The lowest BCUT2D eigenvalue weighted by Gasteiger charge is -2.33. The van der Waals surface area contributed by atoms with Crippen molar-refractivity contribution in [2.24, 2.45) is 29.4 Å². The minimum Gasteiger partial charge on any atom is -0.446 e. The van der Waals surface area contributed by atoms with Gasteiger partial charge in [-0.25, -0.2) is 4.79 Å². The third-order valence-corrected chi connectivity index (χ3v) is 2.93. The molecule has 2 unspecified atom stereocenters.